The molecule has 18 nitrogen and oxygen atoms in total. The van der Waals surface area contributed by atoms with Gasteiger partial charge in [0.05, 0.1) is 35.5 Å². The zero-order chi connectivity index (χ0) is 41.8. The highest BCUT2D eigenvalue weighted by molar-refractivity contribution is 5.95. The maximum absolute atomic E-state index is 15.3. The van der Waals surface area contributed by atoms with Crippen molar-refractivity contribution in [3.8, 4) is 0 Å². The van der Waals surface area contributed by atoms with Gasteiger partial charge in [-0.05, 0) is 45.0 Å². The Bertz CT molecular complexity index is 2480. The number of benzene rings is 2. The summed E-state index contributed by atoms with van der Waals surface area (Å²) >= 11 is 0. The number of guanidine groups is 4. The number of nitrogens with zero attached hydrogens (tertiary/aromatic N) is 10. The van der Waals surface area contributed by atoms with Crippen molar-refractivity contribution in [2.45, 2.75) is 33.9 Å². The topological polar surface area (TPSA) is 248 Å². The molecule has 0 unspecified atom stereocenters. The van der Waals surface area contributed by atoms with E-state index in [1.807, 2.05) is 33.1 Å². The summed E-state index contributed by atoms with van der Waals surface area (Å²) in [4.78, 5) is 61.1. The van der Waals surface area contributed by atoms with Gasteiger partial charge < -0.3 is 56.8 Å². The standard InChI is InChI=1S/C38H48F2N14O4/c1-4-49-20-22(3)32(55)23-16-26(39)30(18-28(23)49)51-8-12-53(13-9-51)37(43)47-35(41)45-6-7-46-36(42)48-38(44)54-14-10-52(11-15-54)31-19-29-24(17-27(31)40)33(56)25(34(57)58)21-50(29)5-2/h16-21H,4-15H2,1-3H3,(H,57,58)(H4,41,43,45,47)(H4,42,44,46,48). The van der Waals surface area contributed by atoms with E-state index in [1.165, 1.54) is 12.3 Å². The SMILES string of the molecule is CCn1cc(C)c(=O)c2cc(F)c(N3CCN(C(N)=NC(N)=NCCN=C(N)N=C(N)N4CCN(c5cc6c(cc5F)c(=O)c(C(=O)O)cn6CC)CC4)CC3)cc21. The van der Waals surface area contributed by atoms with Crippen molar-refractivity contribution in [3.05, 3.63) is 79.9 Å². The molecule has 0 atom stereocenters. The Morgan fingerprint density at radius 1 is 0.672 bits per heavy atom. The Balaban J connectivity index is 0.995. The molecule has 2 aromatic carbocycles. The van der Waals surface area contributed by atoms with Crippen molar-refractivity contribution in [3.63, 3.8) is 0 Å². The lowest BCUT2D eigenvalue weighted by Crippen LogP contribution is -2.51. The van der Waals surface area contributed by atoms with Crippen LogP contribution in [0.5, 0.6) is 0 Å². The highest BCUT2D eigenvalue weighted by Gasteiger charge is 2.25. The molecule has 2 fully saturated rings. The number of rotatable bonds is 8. The molecule has 20 heteroatoms. The molecular formula is C38H48F2N14O4. The number of aliphatic imine (C=N–C) groups is 4. The van der Waals surface area contributed by atoms with Crippen molar-refractivity contribution in [2.75, 3.05) is 75.2 Å². The third-order valence-electron chi connectivity index (χ3n) is 10.4. The number of hydrogen-bond acceptors (Lipinski definition) is 7. The first-order valence-corrected chi connectivity index (χ1v) is 18.9. The van der Waals surface area contributed by atoms with E-state index in [0.29, 0.717) is 93.1 Å². The van der Waals surface area contributed by atoms with E-state index in [1.54, 1.807) is 34.7 Å². The van der Waals surface area contributed by atoms with Crippen LogP contribution in [0.25, 0.3) is 21.8 Å². The molecule has 0 aliphatic carbocycles. The number of hydrogen-bond donors (Lipinski definition) is 5. The molecule has 2 aliphatic heterocycles. The maximum atomic E-state index is 15.3. The number of carboxylic acids is 1. The Morgan fingerprint density at radius 2 is 1.09 bits per heavy atom. The smallest absolute Gasteiger partial charge is 0.341 e. The number of halogens is 2. The summed E-state index contributed by atoms with van der Waals surface area (Å²) < 4.78 is 34.1. The number of aryl methyl sites for hydroxylation is 3. The normalized spacial score (nSPS) is 16.2. The minimum Gasteiger partial charge on any atom is -0.477 e. The number of nitrogens with two attached hydrogens (primary N) is 4. The van der Waals surface area contributed by atoms with Crippen molar-refractivity contribution < 1.29 is 18.7 Å². The van der Waals surface area contributed by atoms with E-state index in [4.69, 9.17) is 22.9 Å². The minimum atomic E-state index is -1.37. The fourth-order valence-electron chi connectivity index (χ4n) is 7.23. The highest BCUT2D eigenvalue weighted by Crippen LogP contribution is 2.28. The molecule has 58 heavy (non-hydrogen) atoms. The van der Waals surface area contributed by atoms with Crippen molar-refractivity contribution in [1.29, 1.82) is 0 Å². The first-order chi connectivity index (χ1) is 27.7. The number of carboxylic acid groups (broad SMARTS) is 1. The van der Waals surface area contributed by atoms with Gasteiger partial charge >= 0.3 is 5.97 Å². The first-order valence-electron chi connectivity index (χ1n) is 18.9. The van der Waals surface area contributed by atoms with Gasteiger partial charge in [-0.25, -0.2) is 23.6 Å². The Morgan fingerprint density at radius 3 is 1.50 bits per heavy atom. The molecule has 2 aromatic heterocycles. The molecule has 2 aliphatic rings. The summed E-state index contributed by atoms with van der Waals surface area (Å²) in [6, 6.07) is 5.72. The number of fused-ring (bicyclic) bond motifs is 2. The lowest BCUT2D eigenvalue weighted by atomic mass is 10.1. The average Bonchev–Trinajstić information content (AvgIpc) is 3.21. The summed E-state index contributed by atoms with van der Waals surface area (Å²) in [6.45, 7) is 10.3. The quantitative estimate of drug-likeness (QED) is 0.0946. The lowest BCUT2D eigenvalue weighted by Gasteiger charge is -2.36. The van der Waals surface area contributed by atoms with Crippen molar-refractivity contribution in [1.82, 2.24) is 18.9 Å². The zero-order valence-corrected chi connectivity index (χ0v) is 32.7. The van der Waals surface area contributed by atoms with Crippen LogP contribution in [-0.2, 0) is 13.1 Å². The van der Waals surface area contributed by atoms with E-state index >= 15 is 8.78 Å². The number of anilines is 2. The Hall–Kier alpha value is -6.73. The second-order valence-electron chi connectivity index (χ2n) is 13.9. The van der Waals surface area contributed by atoms with E-state index in [-0.39, 0.29) is 53.4 Å². The second-order valence-corrected chi connectivity index (χ2v) is 13.9. The summed E-state index contributed by atoms with van der Waals surface area (Å²) in [5, 5.41) is 9.78. The van der Waals surface area contributed by atoms with Crippen LogP contribution in [0.2, 0.25) is 0 Å². The van der Waals surface area contributed by atoms with E-state index in [2.05, 4.69) is 20.0 Å². The van der Waals surface area contributed by atoms with Gasteiger partial charge in [-0.2, -0.15) is 9.98 Å². The highest BCUT2D eigenvalue weighted by atomic mass is 19.1. The van der Waals surface area contributed by atoms with E-state index in [9.17, 15) is 19.5 Å². The van der Waals surface area contributed by atoms with Crippen LogP contribution in [0.15, 0.2) is 66.2 Å². The predicted molar refractivity (Wildman–Crippen MR) is 223 cm³/mol. The molecule has 0 spiro atoms. The monoisotopic (exact) mass is 802 g/mol. The number of pyridine rings is 2. The van der Waals surface area contributed by atoms with Crippen LogP contribution in [0, 0.1) is 18.6 Å². The summed E-state index contributed by atoms with van der Waals surface area (Å²) in [5.41, 5.74) is 25.6. The molecule has 6 rings (SSSR count). The zero-order valence-electron chi connectivity index (χ0n) is 32.7. The van der Waals surface area contributed by atoms with Gasteiger partial charge in [0.15, 0.2) is 17.3 Å². The van der Waals surface area contributed by atoms with Crippen LogP contribution in [0.4, 0.5) is 20.2 Å². The average molecular weight is 803 g/mol. The third kappa shape index (κ3) is 8.49. The van der Waals surface area contributed by atoms with Gasteiger partial charge in [0.2, 0.25) is 17.3 Å². The van der Waals surface area contributed by atoms with Gasteiger partial charge in [0.1, 0.15) is 17.2 Å². The molecule has 4 heterocycles. The van der Waals surface area contributed by atoms with Crippen LogP contribution >= 0.6 is 0 Å². The molecule has 0 saturated carbocycles. The second kappa shape index (κ2) is 17.2. The fraction of sp³-hybridized carbons (Fsp3) is 0.395. The minimum absolute atomic E-state index is 0.00295. The number of aromatic carboxylic acids is 1. The fourth-order valence-corrected chi connectivity index (χ4v) is 7.23. The number of carbonyl (C=O) groups is 1. The lowest BCUT2D eigenvalue weighted by molar-refractivity contribution is 0.0694. The number of aromatic nitrogens is 2. The molecule has 9 N–H and O–H groups in total. The maximum Gasteiger partial charge on any atom is 0.341 e. The van der Waals surface area contributed by atoms with Crippen LogP contribution in [-0.4, -0.2) is 119 Å². The molecule has 0 bridgehead atoms. The molecule has 2 saturated heterocycles. The summed E-state index contributed by atoms with van der Waals surface area (Å²) in [7, 11) is 0. The molecular weight excluding hydrogens is 755 g/mol. The van der Waals surface area contributed by atoms with Crippen LogP contribution in [0.3, 0.4) is 0 Å². The number of piperazine rings is 2. The third-order valence-corrected chi connectivity index (χ3v) is 10.4. The van der Waals surface area contributed by atoms with Gasteiger partial charge in [0.25, 0.3) is 0 Å². The largest absolute Gasteiger partial charge is 0.477 e. The van der Waals surface area contributed by atoms with Gasteiger partial charge in [-0.3, -0.25) is 9.59 Å². The van der Waals surface area contributed by atoms with Crippen LogP contribution in [0.1, 0.15) is 29.8 Å². The van der Waals surface area contributed by atoms with Crippen molar-refractivity contribution >= 4 is 63.0 Å². The first kappa shape index (κ1) is 40.9. The van der Waals surface area contributed by atoms with Crippen LogP contribution < -0.4 is 43.6 Å². The molecule has 4 aromatic rings. The molecule has 308 valence electrons. The molecule has 0 radical (unpaired) electrons. The predicted octanol–water partition coefficient (Wildman–Crippen LogP) is 0.844. The summed E-state index contributed by atoms with van der Waals surface area (Å²) in [6.07, 6.45) is 3.07. The Labute approximate surface area is 332 Å². The van der Waals surface area contributed by atoms with E-state index < -0.39 is 28.6 Å². The van der Waals surface area contributed by atoms with Gasteiger partial charge in [-0.15, -0.1) is 0 Å². The molecule has 0 amide bonds. The Kier molecular flexibility index (Phi) is 12.1. The van der Waals surface area contributed by atoms with Gasteiger partial charge in [0, 0.05) is 94.2 Å². The van der Waals surface area contributed by atoms with Gasteiger partial charge in [-0.1, -0.05) is 0 Å². The van der Waals surface area contributed by atoms with Crippen molar-refractivity contribution in [2.24, 2.45) is 42.9 Å². The summed E-state index contributed by atoms with van der Waals surface area (Å²) in [5.74, 6) is -2.25. The van der Waals surface area contributed by atoms with E-state index in [0.717, 1.165) is 6.07 Å².